The van der Waals surface area contributed by atoms with Crippen molar-refractivity contribution in [2.45, 2.75) is 18.9 Å². The normalized spacial score (nSPS) is 16.1. The van der Waals surface area contributed by atoms with E-state index in [1.807, 2.05) is 24.3 Å². The fourth-order valence-electron chi connectivity index (χ4n) is 3.22. The molecule has 0 aliphatic carbocycles. The van der Waals surface area contributed by atoms with Gasteiger partial charge in [0.15, 0.2) is 11.7 Å². The first-order chi connectivity index (χ1) is 14.1. The summed E-state index contributed by atoms with van der Waals surface area (Å²) in [6.07, 6.45) is 1.89. The first-order valence-corrected chi connectivity index (χ1v) is 10.2. The highest BCUT2D eigenvalue weighted by Crippen LogP contribution is 2.30. The standard InChI is InChI=1S/C21H21N3O4S/c22-20(26)14-5-3-6-15(11-14)28-13-19(25)24(12-16-7-4-10-27-16)21-23-17-8-1-2-9-18(17)29-21/h1-3,5-6,8-9,11,16H,4,7,10,12-13H2,(H2,22,26). The summed E-state index contributed by atoms with van der Waals surface area (Å²) in [7, 11) is 0. The van der Waals surface area contributed by atoms with Gasteiger partial charge in [0, 0.05) is 12.2 Å². The predicted octanol–water partition coefficient (Wildman–Crippen LogP) is 2.99. The lowest BCUT2D eigenvalue weighted by Gasteiger charge is -2.23. The van der Waals surface area contributed by atoms with E-state index in [2.05, 4.69) is 4.98 Å². The molecule has 2 aromatic carbocycles. The zero-order valence-electron chi connectivity index (χ0n) is 15.7. The molecule has 8 heteroatoms. The van der Waals surface area contributed by atoms with Gasteiger partial charge in [0.1, 0.15) is 5.75 Å². The van der Waals surface area contributed by atoms with Crippen molar-refractivity contribution < 1.29 is 19.1 Å². The van der Waals surface area contributed by atoms with E-state index in [0.29, 0.717) is 29.6 Å². The number of hydrogen-bond donors (Lipinski definition) is 1. The van der Waals surface area contributed by atoms with E-state index < -0.39 is 5.91 Å². The first-order valence-electron chi connectivity index (χ1n) is 9.40. The smallest absolute Gasteiger partial charge is 0.266 e. The lowest BCUT2D eigenvalue weighted by Crippen LogP contribution is -2.40. The Balaban J connectivity index is 1.52. The van der Waals surface area contributed by atoms with Crippen LogP contribution >= 0.6 is 11.3 Å². The monoisotopic (exact) mass is 411 g/mol. The molecular weight excluding hydrogens is 390 g/mol. The molecule has 0 radical (unpaired) electrons. The summed E-state index contributed by atoms with van der Waals surface area (Å²) in [6.45, 7) is 0.969. The van der Waals surface area contributed by atoms with Gasteiger partial charge in [0.05, 0.1) is 22.9 Å². The lowest BCUT2D eigenvalue weighted by molar-refractivity contribution is -0.120. The van der Waals surface area contributed by atoms with E-state index in [1.54, 1.807) is 23.1 Å². The minimum absolute atomic E-state index is 0.0100. The number of nitrogens with zero attached hydrogens (tertiary/aromatic N) is 2. The number of aromatic nitrogens is 1. The third-order valence-electron chi connectivity index (χ3n) is 4.71. The topological polar surface area (TPSA) is 94.8 Å². The van der Waals surface area contributed by atoms with Gasteiger partial charge in [0.25, 0.3) is 5.91 Å². The quantitative estimate of drug-likeness (QED) is 0.645. The van der Waals surface area contributed by atoms with E-state index in [-0.39, 0.29) is 18.6 Å². The van der Waals surface area contributed by atoms with Crippen molar-refractivity contribution in [3.8, 4) is 5.75 Å². The van der Waals surface area contributed by atoms with Gasteiger partial charge in [-0.15, -0.1) is 0 Å². The minimum atomic E-state index is -0.545. The third-order valence-corrected chi connectivity index (χ3v) is 5.76. The number of carbonyl (C=O) groups excluding carboxylic acids is 2. The number of nitrogens with two attached hydrogens (primary N) is 1. The van der Waals surface area contributed by atoms with Crippen LogP contribution in [-0.2, 0) is 9.53 Å². The van der Waals surface area contributed by atoms with Gasteiger partial charge in [-0.1, -0.05) is 29.5 Å². The second kappa shape index (κ2) is 8.59. The Labute approximate surface area is 172 Å². The van der Waals surface area contributed by atoms with Crippen molar-refractivity contribution in [2.75, 3.05) is 24.7 Å². The molecule has 7 nitrogen and oxygen atoms in total. The van der Waals surface area contributed by atoms with E-state index in [9.17, 15) is 9.59 Å². The van der Waals surface area contributed by atoms with Crippen molar-refractivity contribution in [3.63, 3.8) is 0 Å². The van der Waals surface area contributed by atoms with Gasteiger partial charge in [-0.2, -0.15) is 0 Å². The molecule has 1 aliphatic rings. The summed E-state index contributed by atoms with van der Waals surface area (Å²) < 4.78 is 12.4. The molecule has 150 valence electrons. The Bertz CT molecular complexity index is 996. The number of thiazole rings is 1. The van der Waals surface area contributed by atoms with E-state index >= 15 is 0 Å². The SMILES string of the molecule is NC(=O)c1cccc(OCC(=O)N(CC2CCCO2)c2nc3ccccc3s2)c1. The molecule has 0 bridgehead atoms. The van der Waals surface area contributed by atoms with Crippen molar-refractivity contribution in [1.82, 2.24) is 4.98 Å². The molecule has 1 saturated heterocycles. The maximum absolute atomic E-state index is 13.0. The van der Waals surface area contributed by atoms with Crippen molar-refractivity contribution in [3.05, 3.63) is 54.1 Å². The number of benzene rings is 2. The lowest BCUT2D eigenvalue weighted by atomic mass is 10.2. The number of ether oxygens (including phenoxy) is 2. The van der Waals surface area contributed by atoms with Gasteiger partial charge in [0.2, 0.25) is 5.91 Å². The Morgan fingerprint density at radius 2 is 2.10 bits per heavy atom. The highest BCUT2D eigenvalue weighted by molar-refractivity contribution is 7.22. The first kappa shape index (κ1) is 19.4. The second-order valence-corrected chi connectivity index (χ2v) is 7.79. The molecule has 2 heterocycles. The molecule has 3 aromatic rings. The number of anilines is 1. The Kier molecular flexibility index (Phi) is 5.73. The molecule has 1 atom stereocenters. The fraction of sp³-hybridized carbons (Fsp3) is 0.286. The van der Waals surface area contributed by atoms with Gasteiger partial charge in [-0.3, -0.25) is 14.5 Å². The van der Waals surface area contributed by atoms with Gasteiger partial charge >= 0.3 is 0 Å². The molecule has 4 rings (SSSR count). The molecule has 0 saturated carbocycles. The second-order valence-electron chi connectivity index (χ2n) is 6.78. The number of carbonyl (C=O) groups is 2. The molecule has 0 spiro atoms. The summed E-state index contributed by atoms with van der Waals surface area (Å²) in [5.74, 6) is -0.351. The van der Waals surface area contributed by atoms with E-state index in [1.165, 1.54) is 17.4 Å². The van der Waals surface area contributed by atoms with Crippen LogP contribution in [0.1, 0.15) is 23.2 Å². The van der Waals surface area contributed by atoms with Crippen LogP contribution in [0.2, 0.25) is 0 Å². The number of hydrogen-bond acceptors (Lipinski definition) is 6. The zero-order chi connectivity index (χ0) is 20.2. The summed E-state index contributed by atoms with van der Waals surface area (Å²) in [4.78, 5) is 30.6. The van der Waals surface area contributed by atoms with Crippen LogP contribution in [0.3, 0.4) is 0 Å². The van der Waals surface area contributed by atoms with Crippen LogP contribution in [0.4, 0.5) is 5.13 Å². The minimum Gasteiger partial charge on any atom is -0.484 e. The molecule has 2 N–H and O–H groups in total. The summed E-state index contributed by atoms with van der Waals surface area (Å²) in [6, 6.07) is 14.3. The summed E-state index contributed by atoms with van der Waals surface area (Å²) >= 11 is 1.47. The molecule has 1 aromatic heterocycles. The molecular formula is C21H21N3O4S. The van der Waals surface area contributed by atoms with Crippen LogP contribution in [0.25, 0.3) is 10.2 Å². The highest BCUT2D eigenvalue weighted by atomic mass is 32.1. The average molecular weight is 411 g/mol. The summed E-state index contributed by atoms with van der Waals surface area (Å²) in [5, 5.41) is 0.626. The van der Waals surface area contributed by atoms with Crippen LogP contribution in [0.5, 0.6) is 5.75 Å². The zero-order valence-corrected chi connectivity index (χ0v) is 16.6. The Hall–Kier alpha value is -2.97. The van der Waals surface area contributed by atoms with Crippen molar-refractivity contribution in [2.24, 2.45) is 5.73 Å². The Morgan fingerprint density at radius 1 is 1.24 bits per heavy atom. The highest BCUT2D eigenvalue weighted by Gasteiger charge is 2.26. The largest absolute Gasteiger partial charge is 0.484 e. The molecule has 1 unspecified atom stereocenters. The predicted molar refractivity (Wildman–Crippen MR) is 111 cm³/mol. The number of primary amides is 1. The van der Waals surface area contributed by atoms with E-state index in [4.69, 9.17) is 15.2 Å². The van der Waals surface area contributed by atoms with Crippen LogP contribution < -0.4 is 15.4 Å². The fourth-order valence-corrected chi connectivity index (χ4v) is 4.21. The molecule has 1 aliphatic heterocycles. The maximum atomic E-state index is 13.0. The van der Waals surface area contributed by atoms with Crippen molar-refractivity contribution >= 4 is 38.5 Å². The molecule has 2 amide bonds. The van der Waals surface area contributed by atoms with Gasteiger partial charge < -0.3 is 15.2 Å². The number of amides is 2. The van der Waals surface area contributed by atoms with Crippen LogP contribution in [0.15, 0.2) is 48.5 Å². The third kappa shape index (κ3) is 4.55. The van der Waals surface area contributed by atoms with E-state index in [0.717, 1.165) is 23.1 Å². The molecule has 29 heavy (non-hydrogen) atoms. The van der Waals surface area contributed by atoms with Crippen LogP contribution in [0, 0.1) is 0 Å². The van der Waals surface area contributed by atoms with Gasteiger partial charge in [-0.05, 0) is 43.2 Å². The van der Waals surface area contributed by atoms with Gasteiger partial charge in [-0.25, -0.2) is 4.98 Å². The number of fused-ring (bicyclic) bond motifs is 1. The molecule has 1 fully saturated rings. The van der Waals surface area contributed by atoms with Crippen molar-refractivity contribution in [1.29, 1.82) is 0 Å². The number of rotatable bonds is 7. The summed E-state index contributed by atoms with van der Waals surface area (Å²) in [5.41, 5.74) is 6.49. The van der Waals surface area contributed by atoms with Crippen LogP contribution in [-0.4, -0.2) is 42.7 Å². The maximum Gasteiger partial charge on any atom is 0.266 e. The Morgan fingerprint density at radius 3 is 2.86 bits per heavy atom. The number of para-hydroxylation sites is 1. The average Bonchev–Trinajstić information content (AvgIpc) is 3.39.